The van der Waals surface area contributed by atoms with E-state index in [1.54, 1.807) is 12.1 Å². The summed E-state index contributed by atoms with van der Waals surface area (Å²) in [6.07, 6.45) is 1.63. The first-order valence-corrected chi connectivity index (χ1v) is 7.87. The van der Waals surface area contributed by atoms with Crippen molar-refractivity contribution >= 4 is 5.91 Å². The van der Waals surface area contributed by atoms with Crippen molar-refractivity contribution in [3.8, 4) is 0 Å². The summed E-state index contributed by atoms with van der Waals surface area (Å²) < 4.78 is 14.2. The standard InChI is InChI=1S/C17H23FN2O/c1-4-10(2)15-17(21)20(14-9-11(14)3)16(19-15)12-7-5-6-8-13(12)18/h5-8,10-11,14-16,19H,4,9H2,1-3H3. The van der Waals surface area contributed by atoms with Gasteiger partial charge in [-0.05, 0) is 24.3 Å². The Morgan fingerprint density at radius 1 is 1.43 bits per heavy atom. The van der Waals surface area contributed by atoms with Gasteiger partial charge in [0, 0.05) is 11.6 Å². The van der Waals surface area contributed by atoms with Crippen LogP contribution in [0, 0.1) is 17.7 Å². The first kappa shape index (κ1) is 14.5. The highest BCUT2D eigenvalue weighted by Gasteiger charge is 2.51. The highest BCUT2D eigenvalue weighted by Crippen LogP contribution is 2.43. The maximum Gasteiger partial charge on any atom is 0.241 e. The second-order valence-corrected chi connectivity index (χ2v) is 6.48. The lowest BCUT2D eigenvalue weighted by atomic mass is 9.99. The van der Waals surface area contributed by atoms with Crippen LogP contribution >= 0.6 is 0 Å². The van der Waals surface area contributed by atoms with Crippen molar-refractivity contribution in [3.63, 3.8) is 0 Å². The van der Waals surface area contributed by atoms with Crippen molar-refractivity contribution in [1.82, 2.24) is 10.2 Å². The molecule has 0 radical (unpaired) electrons. The number of carbonyl (C=O) groups excluding carboxylic acids is 1. The fourth-order valence-electron chi connectivity index (χ4n) is 3.23. The molecule has 1 aromatic carbocycles. The van der Waals surface area contributed by atoms with E-state index in [1.165, 1.54) is 6.07 Å². The van der Waals surface area contributed by atoms with Gasteiger partial charge < -0.3 is 4.90 Å². The normalized spacial score (nSPS) is 33.3. The summed E-state index contributed by atoms with van der Waals surface area (Å²) in [6, 6.07) is 6.81. The Balaban J connectivity index is 1.94. The van der Waals surface area contributed by atoms with Gasteiger partial charge >= 0.3 is 0 Å². The molecule has 1 aromatic rings. The van der Waals surface area contributed by atoms with E-state index in [-0.39, 0.29) is 35.9 Å². The molecular formula is C17H23FN2O. The molecule has 114 valence electrons. The molecule has 1 saturated heterocycles. The molecule has 21 heavy (non-hydrogen) atoms. The minimum absolute atomic E-state index is 0.131. The zero-order chi connectivity index (χ0) is 15.1. The van der Waals surface area contributed by atoms with E-state index in [0.29, 0.717) is 11.5 Å². The third kappa shape index (κ3) is 2.46. The van der Waals surface area contributed by atoms with Gasteiger partial charge in [-0.15, -0.1) is 0 Å². The van der Waals surface area contributed by atoms with Crippen LogP contribution in [0.4, 0.5) is 4.39 Å². The van der Waals surface area contributed by atoms with Crippen LogP contribution in [0.1, 0.15) is 45.3 Å². The predicted molar refractivity (Wildman–Crippen MR) is 79.9 cm³/mol. The van der Waals surface area contributed by atoms with Gasteiger partial charge in [0.15, 0.2) is 0 Å². The first-order chi connectivity index (χ1) is 10.0. The molecule has 1 aliphatic heterocycles. The molecule has 1 N–H and O–H groups in total. The number of halogens is 1. The number of nitrogens with one attached hydrogen (secondary N) is 1. The predicted octanol–water partition coefficient (Wildman–Crippen LogP) is 3.08. The number of rotatable bonds is 4. The van der Waals surface area contributed by atoms with Crippen molar-refractivity contribution in [3.05, 3.63) is 35.6 Å². The van der Waals surface area contributed by atoms with Crippen LogP contribution < -0.4 is 5.32 Å². The Bertz CT molecular complexity index is 547. The van der Waals surface area contributed by atoms with E-state index in [1.807, 2.05) is 11.0 Å². The SMILES string of the molecule is CCC(C)C1NC(c2ccccc2F)N(C2CC2C)C1=O. The van der Waals surface area contributed by atoms with Crippen molar-refractivity contribution in [2.45, 2.75) is 51.9 Å². The molecule has 3 nitrogen and oxygen atoms in total. The number of hydrogen-bond donors (Lipinski definition) is 1. The van der Waals surface area contributed by atoms with Crippen LogP contribution in [0.15, 0.2) is 24.3 Å². The lowest BCUT2D eigenvalue weighted by molar-refractivity contribution is -0.131. The maximum absolute atomic E-state index is 14.2. The van der Waals surface area contributed by atoms with E-state index >= 15 is 0 Å². The van der Waals surface area contributed by atoms with Gasteiger partial charge in [-0.3, -0.25) is 10.1 Å². The molecule has 2 fully saturated rings. The maximum atomic E-state index is 14.2. The summed E-state index contributed by atoms with van der Waals surface area (Å²) >= 11 is 0. The van der Waals surface area contributed by atoms with Crippen LogP contribution in [0.25, 0.3) is 0 Å². The lowest BCUT2D eigenvalue weighted by Crippen LogP contribution is -2.36. The second-order valence-electron chi connectivity index (χ2n) is 6.48. The average Bonchev–Trinajstić information content (AvgIpc) is 3.09. The van der Waals surface area contributed by atoms with Crippen LogP contribution in [-0.2, 0) is 4.79 Å². The van der Waals surface area contributed by atoms with E-state index in [9.17, 15) is 9.18 Å². The summed E-state index contributed by atoms with van der Waals surface area (Å²) in [7, 11) is 0. The molecule has 0 aromatic heterocycles. The lowest BCUT2D eigenvalue weighted by Gasteiger charge is -2.25. The van der Waals surface area contributed by atoms with Gasteiger partial charge in [-0.2, -0.15) is 0 Å². The van der Waals surface area contributed by atoms with E-state index in [4.69, 9.17) is 0 Å². The Morgan fingerprint density at radius 3 is 2.67 bits per heavy atom. The highest BCUT2D eigenvalue weighted by molar-refractivity contribution is 5.85. The van der Waals surface area contributed by atoms with E-state index in [2.05, 4.69) is 26.1 Å². The van der Waals surface area contributed by atoms with Gasteiger partial charge in [0.05, 0.1) is 6.04 Å². The summed E-state index contributed by atoms with van der Waals surface area (Å²) in [5.41, 5.74) is 0.579. The fourth-order valence-corrected chi connectivity index (χ4v) is 3.23. The van der Waals surface area contributed by atoms with Crippen molar-refractivity contribution < 1.29 is 9.18 Å². The number of benzene rings is 1. The summed E-state index contributed by atoms with van der Waals surface area (Å²) in [4.78, 5) is 14.7. The minimum Gasteiger partial charge on any atom is -0.318 e. The van der Waals surface area contributed by atoms with Gasteiger partial charge in [0.25, 0.3) is 0 Å². The third-order valence-electron chi connectivity index (χ3n) is 4.97. The molecule has 1 amide bonds. The summed E-state index contributed by atoms with van der Waals surface area (Å²) in [5, 5.41) is 3.38. The van der Waals surface area contributed by atoms with Gasteiger partial charge in [0.2, 0.25) is 5.91 Å². The fraction of sp³-hybridized carbons (Fsp3) is 0.588. The third-order valence-corrected chi connectivity index (χ3v) is 4.97. The number of amides is 1. The zero-order valence-electron chi connectivity index (χ0n) is 12.8. The molecule has 1 saturated carbocycles. The van der Waals surface area contributed by atoms with Crippen molar-refractivity contribution in [2.75, 3.05) is 0 Å². The van der Waals surface area contributed by atoms with Crippen LogP contribution in [0.5, 0.6) is 0 Å². The largest absolute Gasteiger partial charge is 0.318 e. The van der Waals surface area contributed by atoms with Gasteiger partial charge in [-0.1, -0.05) is 45.4 Å². The second kappa shape index (κ2) is 5.41. The number of hydrogen-bond acceptors (Lipinski definition) is 2. The van der Waals surface area contributed by atoms with Gasteiger partial charge in [0.1, 0.15) is 12.0 Å². The zero-order valence-corrected chi connectivity index (χ0v) is 12.8. The highest BCUT2D eigenvalue weighted by atomic mass is 19.1. The van der Waals surface area contributed by atoms with Gasteiger partial charge in [-0.25, -0.2) is 4.39 Å². The Labute approximate surface area is 125 Å². The number of nitrogens with zero attached hydrogens (tertiary/aromatic N) is 1. The molecule has 0 bridgehead atoms. The summed E-state index contributed by atoms with van der Waals surface area (Å²) in [6.45, 7) is 6.31. The molecule has 3 rings (SSSR count). The molecular weight excluding hydrogens is 267 g/mol. The summed E-state index contributed by atoms with van der Waals surface area (Å²) in [5.74, 6) is 0.657. The monoisotopic (exact) mass is 290 g/mol. The van der Waals surface area contributed by atoms with E-state index in [0.717, 1.165) is 12.8 Å². The molecule has 4 heteroatoms. The van der Waals surface area contributed by atoms with Crippen LogP contribution in [0.3, 0.4) is 0 Å². The van der Waals surface area contributed by atoms with Crippen LogP contribution in [-0.4, -0.2) is 22.9 Å². The Morgan fingerprint density at radius 2 is 2.10 bits per heavy atom. The topological polar surface area (TPSA) is 32.3 Å². The molecule has 5 unspecified atom stereocenters. The molecule has 1 heterocycles. The number of carbonyl (C=O) groups is 1. The minimum atomic E-state index is -0.326. The Kier molecular flexibility index (Phi) is 3.74. The molecule has 5 atom stereocenters. The smallest absolute Gasteiger partial charge is 0.241 e. The molecule has 2 aliphatic rings. The first-order valence-electron chi connectivity index (χ1n) is 7.87. The molecule has 0 spiro atoms. The Hall–Kier alpha value is -1.42. The quantitative estimate of drug-likeness (QED) is 0.924. The van der Waals surface area contributed by atoms with Crippen molar-refractivity contribution in [1.29, 1.82) is 0 Å². The van der Waals surface area contributed by atoms with E-state index < -0.39 is 0 Å². The average molecular weight is 290 g/mol. The van der Waals surface area contributed by atoms with Crippen molar-refractivity contribution in [2.24, 2.45) is 11.8 Å². The molecule has 1 aliphatic carbocycles. The van der Waals surface area contributed by atoms with Crippen LogP contribution in [0.2, 0.25) is 0 Å².